The van der Waals surface area contributed by atoms with Crippen LogP contribution in [0.25, 0.3) is 0 Å². The number of rotatable bonds is 4. The first-order chi connectivity index (χ1) is 11.0. The normalized spacial score (nSPS) is 17.8. The lowest BCUT2D eigenvalue weighted by Gasteiger charge is -2.14. The molecule has 3 heterocycles. The molecule has 1 N–H and O–H groups in total. The van der Waals surface area contributed by atoms with Crippen molar-refractivity contribution in [1.29, 1.82) is 0 Å². The average Bonchev–Trinajstić information content (AvgIpc) is 3.14. The van der Waals surface area contributed by atoms with E-state index < -0.39 is 0 Å². The molecule has 7 heteroatoms. The van der Waals surface area contributed by atoms with Gasteiger partial charge < -0.3 is 10.2 Å². The maximum atomic E-state index is 12.3. The van der Waals surface area contributed by atoms with E-state index >= 15 is 0 Å². The van der Waals surface area contributed by atoms with Crippen LogP contribution in [-0.4, -0.2) is 33.1 Å². The number of nitrogens with one attached hydrogen (secondary N) is 1. The van der Waals surface area contributed by atoms with Crippen LogP contribution in [0.4, 0.5) is 11.4 Å². The molecule has 120 valence electrons. The van der Waals surface area contributed by atoms with Crippen LogP contribution in [0.3, 0.4) is 0 Å². The first kappa shape index (κ1) is 15.2. The summed E-state index contributed by atoms with van der Waals surface area (Å²) in [6, 6.07) is 3.67. The zero-order chi connectivity index (χ0) is 16.4. The summed E-state index contributed by atoms with van der Waals surface area (Å²) in [7, 11) is 0. The highest BCUT2D eigenvalue weighted by Gasteiger charge is 2.35. The summed E-state index contributed by atoms with van der Waals surface area (Å²) in [5.74, 6) is -0.565. The van der Waals surface area contributed by atoms with Crippen molar-refractivity contribution in [1.82, 2.24) is 14.8 Å². The molecular weight excluding hydrogens is 294 g/mol. The fraction of sp³-hybridized carbons (Fsp3) is 0.375. The summed E-state index contributed by atoms with van der Waals surface area (Å²) in [6.45, 7) is 4.42. The zero-order valence-corrected chi connectivity index (χ0v) is 13.1. The molecule has 1 aliphatic heterocycles. The molecule has 1 fully saturated rings. The van der Waals surface area contributed by atoms with Crippen molar-refractivity contribution in [3.63, 3.8) is 0 Å². The van der Waals surface area contributed by atoms with Crippen LogP contribution < -0.4 is 10.2 Å². The second-order valence-corrected chi connectivity index (χ2v) is 5.90. The van der Waals surface area contributed by atoms with Gasteiger partial charge in [-0.3, -0.25) is 19.3 Å². The smallest absolute Gasteiger partial charge is 0.229 e. The van der Waals surface area contributed by atoms with Gasteiger partial charge >= 0.3 is 0 Å². The van der Waals surface area contributed by atoms with Crippen LogP contribution in [0, 0.1) is 5.92 Å². The van der Waals surface area contributed by atoms with Crippen molar-refractivity contribution in [2.24, 2.45) is 5.92 Å². The second-order valence-electron chi connectivity index (χ2n) is 5.90. The van der Waals surface area contributed by atoms with Gasteiger partial charge in [-0.2, -0.15) is 5.10 Å². The molecule has 0 saturated carbocycles. The first-order valence-corrected chi connectivity index (χ1v) is 7.60. The van der Waals surface area contributed by atoms with E-state index in [4.69, 9.17) is 0 Å². The highest BCUT2D eigenvalue weighted by atomic mass is 16.2. The van der Waals surface area contributed by atoms with Crippen molar-refractivity contribution in [3.05, 3.63) is 36.9 Å². The number of pyridine rings is 1. The van der Waals surface area contributed by atoms with Crippen molar-refractivity contribution in [2.75, 3.05) is 16.8 Å². The Kier molecular flexibility index (Phi) is 4.10. The number of nitrogens with zero attached hydrogens (tertiary/aromatic N) is 4. The minimum Gasteiger partial charge on any atom is -0.326 e. The van der Waals surface area contributed by atoms with E-state index in [0.29, 0.717) is 12.2 Å². The first-order valence-electron chi connectivity index (χ1n) is 7.60. The molecule has 0 bridgehead atoms. The molecule has 1 saturated heterocycles. The van der Waals surface area contributed by atoms with Crippen molar-refractivity contribution in [3.8, 4) is 0 Å². The van der Waals surface area contributed by atoms with Crippen LogP contribution >= 0.6 is 0 Å². The average molecular weight is 313 g/mol. The standard InChI is InChI=1S/C16H19N5O2/c1-11(2)21-10-14(8-18-21)20-9-12(7-15(20)22)16(23)19-13-3-5-17-6-4-13/h3-6,8,10-12H,7,9H2,1-2H3,(H,17,19,23). The molecule has 0 aromatic carbocycles. The summed E-state index contributed by atoms with van der Waals surface area (Å²) in [6.07, 6.45) is 6.95. The SMILES string of the molecule is CC(C)n1cc(N2CC(C(=O)Nc3ccncc3)CC2=O)cn1. The van der Waals surface area contributed by atoms with Gasteiger partial charge in [0.2, 0.25) is 11.8 Å². The highest BCUT2D eigenvalue weighted by Crippen LogP contribution is 2.26. The van der Waals surface area contributed by atoms with Gasteiger partial charge in [-0.05, 0) is 26.0 Å². The van der Waals surface area contributed by atoms with Gasteiger partial charge in [0, 0.05) is 43.3 Å². The molecule has 0 spiro atoms. The molecule has 23 heavy (non-hydrogen) atoms. The van der Waals surface area contributed by atoms with Gasteiger partial charge in [-0.25, -0.2) is 0 Å². The van der Waals surface area contributed by atoms with Gasteiger partial charge in [0.05, 0.1) is 17.8 Å². The Balaban J connectivity index is 1.68. The molecule has 7 nitrogen and oxygen atoms in total. The lowest BCUT2D eigenvalue weighted by Crippen LogP contribution is -2.27. The molecule has 1 atom stereocenters. The lowest BCUT2D eigenvalue weighted by molar-refractivity contribution is -0.122. The molecule has 1 aliphatic rings. The molecule has 2 amide bonds. The van der Waals surface area contributed by atoms with Gasteiger partial charge in [-0.1, -0.05) is 0 Å². The van der Waals surface area contributed by atoms with Crippen molar-refractivity contribution < 1.29 is 9.59 Å². The van der Waals surface area contributed by atoms with E-state index in [-0.39, 0.29) is 30.2 Å². The van der Waals surface area contributed by atoms with Crippen LogP contribution in [0.5, 0.6) is 0 Å². The van der Waals surface area contributed by atoms with Gasteiger partial charge in [0.25, 0.3) is 0 Å². The Morgan fingerprint density at radius 2 is 2.09 bits per heavy atom. The van der Waals surface area contributed by atoms with E-state index in [1.54, 1.807) is 40.3 Å². The van der Waals surface area contributed by atoms with Crippen LogP contribution in [0.15, 0.2) is 36.9 Å². The summed E-state index contributed by atoms with van der Waals surface area (Å²) in [5.41, 5.74) is 1.42. The van der Waals surface area contributed by atoms with E-state index in [1.165, 1.54) is 0 Å². The van der Waals surface area contributed by atoms with E-state index in [1.807, 2.05) is 20.0 Å². The van der Waals surface area contributed by atoms with Crippen LogP contribution in [-0.2, 0) is 9.59 Å². The van der Waals surface area contributed by atoms with Crippen LogP contribution in [0.2, 0.25) is 0 Å². The predicted molar refractivity (Wildman–Crippen MR) is 85.9 cm³/mol. The number of amides is 2. The summed E-state index contributed by atoms with van der Waals surface area (Å²) in [4.78, 5) is 30.1. The Morgan fingerprint density at radius 1 is 1.35 bits per heavy atom. The molecular formula is C16H19N5O2. The number of carbonyl (C=O) groups is 2. The summed E-state index contributed by atoms with van der Waals surface area (Å²) < 4.78 is 1.80. The third-order valence-corrected chi connectivity index (χ3v) is 3.87. The predicted octanol–water partition coefficient (Wildman–Crippen LogP) is 1.85. The Labute approximate surface area is 134 Å². The minimum absolute atomic E-state index is 0.0526. The lowest BCUT2D eigenvalue weighted by atomic mass is 10.1. The minimum atomic E-state index is -0.363. The van der Waals surface area contributed by atoms with Gasteiger partial charge in [-0.15, -0.1) is 0 Å². The quantitative estimate of drug-likeness (QED) is 0.934. The number of anilines is 2. The Bertz CT molecular complexity index is 710. The number of hydrogen-bond donors (Lipinski definition) is 1. The van der Waals surface area contributed by atoms with Gasteiger partial charge in [0.15, 0.2) is 0 Å². The van der Waals surface area contributed by atoms with E-state index in [9.17, 15) is 9.59 Å². The highest BCUT2D eigenvalue weighted by molar-refractivity contribution is 6.03. The van der Waals surface area contributed by atoms with Crippen molar-refractivity contribution in [2.45, 2.75) is 26.3 Å². The largest absolute Gasteiger partial charge is 0.326 e. The maximum absolute atomic E-state index is 12.3. The van der Waals surface area contributed by atoms with Crippen molar-refractivity contribution >= 4 is 23.2 Å². The van der Waals surface area contributed by atoms with E-state index in [0.717, 1.165) is 5.69 Å². The fourth-order valence-corrected chi connectivity index (χ4v) is 2.56. The Morgan fingerprint density at radius 3 is 2.74 bits per heavy atom. The third kappa shape index (κ3) is 3.23. The molecule has 2 aromatic rings. The third-order valence-electron chi connectivity index (χ3n) is 3.87. The van der Waals surface area contributed by atoms with E-state index in [2.05, 4.69) is 15.4 Å². The van der Waals surface area contributed by atoms with Gasteiger partial charge in [0.1, 0.15) is 0 Å². The summed E-state index contributed by atoms with van der Waals surface area (Å²) >= 11 is 0. The maximum Gasteiger partial charge on any atom is 0.229 e. The molecule has 0 aliphatic carbocycles. The molecule has 1 unspecified atom stereocenters. The molecule has 0 radical (unpaired) electrons. The zero-order valence-electron chi connectivity index (χ0n) is 13.1. The molecule has 3 rings (SSSR count). The molecule has 2 aromatic heterocycles. The fourth-order valence-electron chi connectivity index (χ4n) is 2.56. The monoisotopic (exact) mass is 313 g/mol. The topological polar surface area (TPSA) is 80.1 Å². The number of aromatic nitrogens is 3. The summed E-state index contributed by atoms with van der Waals surface area (Å²) in [5, 5.41) is 7.07. The number of hydrogen-bond acceptors (Lipinski definition) is 4. The van der Waals surface area contributed by atoms with Crippen LogP contribution in [0.1, 0.15) is 26.3 Å². The number of carbonyl (C=O) groups excluding carboxylic acids is 2. The Hall–Kier alpha value is -2.70. The second kappa shape index (κ2) is 6.20.